The molecule has 1 aromatic carbocycles. The number of carbonyl (C=O) groups is 2. The fourth-order valence-electron chi connectivity index (χ4n) is 5.92. The lowest BCUT2D eigenvalue weighted by molar-refractivity contribution is -0.144. The second-order valence-corrected chi connectivity index (χ2v) is 10.8. The first-order valence-corrected chi connectivity index (χ1v) is 11.6. The van der Waals surface area contributed by atoms with Gasteiger partial charge in [-0.15, -0.1) is 0 Å². The van der Waals surface area contributed by atoms with Crippen LogP contribution in [0.3, 0.4) is 0 Å². The largest absolute Gasteiger partial charge is 0.481 e. The van der Waals surface area contributed by atoms with Gasteiger partial charge >= 0.3 is 11.9 Å². The van der Waals surface area contributed by atoms with Crippen LogP contribution < -0.4 is 0 Å². The lowest BCUT2D eigenvalue weighted by Crippen LogP contribution is -2.35. The predicted octanol–water partition coefficient (Wildman–Crippen LogP) is 6.02. The van der Waals surface area contributed by atoms with E-state index in [1.54, 1.807) is 0 Å². The molecule has 2 aliphatic carbocycles. The highest BCUT2D eigenvalue weighted by Gasteiger charge is 2.38. The van der Waals surface area contributed by atoms with Gasteiger partial charge in [-0.3, -0.25) is 9.59 Å². The van der Waals surface area contributed by atoms with Gasteiger partial charge in [0.25, 0.3) is 0 Å². The number of hydrogen-bond acceptors (Lipinski definition) is 2. The Hall–Kier alpha value is -1.84. The summed E-state index contributed by atoms with van der Waals surface area (Å²) in [6.45, 7) is 9.19. The average Bonchev–Trinajstić information content (AvgIpc) is 2.74. The van der Waals surface area contributed by atoms with Crippen LogP contribution in [0.25, 0.3) is 0 Å². The molecule has 0 aliphatic heterocycles. The molecule has 0 aromatic heterocycles. The van der Waals surface area contributed by atoms with Crippen molar-refractivity contribution in [2.24, 2.45) is 23.7 Å². The van der Waals surface area contributed by atoms with E-state index in [1.165, 1.54) is 11.1 Å². The Bertz CT molecular complexity index is 681. The number of rotatable bonds is 6. The van der Waals surface area contributed by atoms with Crippen LogP contribution in [0.1, 0.15) is 90.2 Å². The maximum absolute atomic E-state index is 11.3. The molecule has 0 unspecified atom stereocenters. The Morgan fingerprint density at radius 3 is 1.13 bits per heavy atom. The van der Waals surface area contributed by atoms with Crippen LogP contribution in [0, 0.1) is 23.7 Å². The zero-order valence-corrected chi connectivity index (χ0v) is 19.0. The minimum atomic E-state index is -0.643. The number of aliphatic carboxylic acids is 2. The van der Waals surface area contributed by atoms with Gasteiger partial charge in [-0.25, -0.2) is 0 Å². The highest BCUT2D eigenvalue weighted by Crippen LogP contribution is 2.45. The topological polar surface area (TPSA) is 74.6 Å². The second kappa shape index (κ2) is 8.72. The zero-order chi connectivity index (χ0) is 22.1. The van der Waals surface area contributed by atoms with Gasteiger partial charge in [0, 0.05) is 0 Å². The first-order valence-electron chi connectivity index (χ1n) is 11.6. The minimum absolute atomic E-state index is 0.0334. The highest BCUT2D eigenvalue weighted by atomic mass is 16.4. The Labute approximate surface area is 181 Å². The van der Waals surface area contributed by atoms with Gasteiger partial charge in [-0.2, -0.15) is 0 Å². The number of carboxylic acids is 2. The third-order valence-corrected chi connectivity index (χ3v) is 8.57. The molecule has 0 atom stereocenters. The van der Waals surface area contributed by atoms with Crippen molar-refractivity contribution in [2.45, 2.75) is 89.9 Å². The van der Waals surface area contributed by atoms with E-state index in [0.29, 0.717) is 11.8 Å². The minimum Gasteiger partial charge on any atom is -0.481 e. The van der Waals surface area contributed by atoms with E-state index in [1.807, 2.05) is 0 Å². The molecule has 0 amide bonds. The Balaban J connectivity index is 1.68. The van der Waals surface area contributed by atoms with Crippen molar-refractivity contribution in [1.29, 1.82) is 0 Å². The smallest absolute Gasteiger partial charge is 0.306 e. The first kappa shape index (κ1) is 22.8. The molecule has 2 aliphatic rings. The Morgan fingerprint density at radius 1 is 0.633 bits per heavy atom. The predicted molar refractivity (Wildman–Crippen MR) is 119 cm³/mol. The van der Waals surface area contributed by atoms with Gasteiger partial charge < -0.3 is 10.2 Å². The number of benzene rings is 1. The molecule has 0 spiro atoms. The van der Waals surface area contributed by atoms with Gasteiger partial charge in [0.1, 0.15) is 0 Å². The molecule has 166 valence electrons. The third kappa shape index (κ3) is 4.58. The van der Waals surface area contributed by atoms with E-state index >= 15 is 0 Å². The van der Waals surface area contributed by atoms with Gasteiger partial charge in [0.05, 0.1) is 11.8 Å². The molecule has 2 fully saturated rings. The summed E-state index contributed by atoms with van der Waals surface area (Å²) in [4.78, 5) is 22.5. The summed E-state index contributed by atoms with van der Waals surface area (Å²) in [6, 6.07) is 9.07. The van der Waals surface area contributed by atoms with Crippen molar-refractivity contribution >= 4 is 11.9 Å². The van der Waals surface area contributed by atoms with E-state index < -0.39 is 11.9 Å². The van der Waals surface area contributed by atoms with E-state index in [4.69, 9.17) is 0 Å². The molecule has 4 heteroatoms. The van der Waals surface area contributed by atoms with Crippen LogP contribution in [0.5, 0.6) is 0 Å². The Morgan fingerprint density at radius 2 is 0.900 bits per heavy atom. The van der Waals surface area contributed by atoms with Crippen molar-refractivity contribution in [3.05, 3.63) is 35.4 Å². The summed E-state index contributed by atoms with van der Waals surface area (Å²) in [5, 5.41) is 18.5. The van der Waals surface area contributed by atoms with Crippen LogP contribution in [0.2, 0.25) is 0 Å². The average molecular weight is 415 g/mol. The van der Waals surface area contributed by atoms with Gasteiger partial charge in [-0.1, -0.05) is 52.0 Å². The molecular formula is C26H38O4. The fourth-order valence-corrected chi connectivity index (χ4v) is 5.92. The lowest BCUT2D eigenvalue weighted by Gasteiger charge is -2.41. The van der Waals surface area contributed by atoms with Crippen molar-refractivity contribution < 1.29 is 19.8 Å². The maximum atomic E-state index is 11.3. The lowest BCUT2D eigenvalue weighted by atomic mass is 9.64. The first-order chi connectivity index (χ1) is 14.0. The summed E-state index contributed by atoms with van der Waals surface area (Å²) in [6.07, 6.45) is 7.05. The highest BCUT2D eigenvalue weighted by molar-refractivity contribution is 5.70. The molecule has 1 aromatic rings. The van der Waals surface area contributed by atoms with E-state index in [-0.39, 0.29) is 22.7 Å². The van der Waals surface area contributed by atoms with Crippen LogP contribution in [0.4, 0.5) is 0 Å². The standard InChI is InChI=1S/C26H38O4/c1-25(2,19-9-5-17(6-10-19)23(27)28)21-13-15-22(16-14-21)26(3,4)20-11-7-18(8-12-20)24(29)30/h13-20H,5-12H2,1-4H3,(H,27,28)(H,29,30). The molecule has 2 saturated carbocycles. The summed E-state index contributed by atoms with van der Waals surface area (Å²) < 4.78 is 0. The van der Waals surface area contributed by atoms with Crippen molar-refractivity contribution in [3.8, 4) is 0 Å². The molecule has 0 bridgehead atoms. The normalized spacial score (nSPS) is 28.1. The van der Waals surface area contributed by atoms with Crippen LogP contribution in [0.15, 0.2) is 24.3 Å². The molecule has 2 N–H and O–H groups in total. The zero-order valence-electron chi connectivity index (χ0n) is 19.0. The van der Waals surface area contributed by atoms with Crippen molar-refractivity contribution in [3.63, 3.8) is 0 Å². The number of hydrogen-bond donors (Lipinski definition) is 2. The summed E-state index contributed by atoms with van der Waals surface area (Å²) in [5.74, 6) is -0.602. The van der Waals surface area contributed by atoms with Gasteiger partial charge in [-0.05, 0) is 85.2 Å². The summed E-state index contributed by atoms with van der Waals surface area (Å²) in [7, 11) is 0. The fraction of sp³-hybridized carbons (Fsp3) is 0.692. The maximum Gasteiger partial charge on any atom is 0.306 e. The molecule has 0 radical (unpaired) electrons. The van der Waals surface area contributed by atoms with E-state index in [0.717, 1.165) is 51.4 Å². The molecule has 3 rings (SSSR count). The van der Waals surface area contributed by atoms with Gasteiger partial charge in [0.2, 0.25) is 0 Å². The monoisotopic (exact) mass is 414 g/mol. The van der Waals surface area contributed by atoms with Crippen molar-refractivity contribution in [1.82, 2.24) is 0 Å². The third-order valence-electron chi connectivity index (χ3n) is 8.57. The molecule has 0 heterocycles. The summed E-state index contributed by atoms with van der Waals surface area (Å²) >= 11 is 0. The van der Waals surface area contributed by atoms with E-state index in [2.05, 4.69) is 52.0 Å². The molecule has 0 saturated heterocycles. The summed E-state index contributed by atoms with van der Waals surface area (Å²) in [5.41, 5.74) is 2.73. The SMILES string of the molecule is CC(C)(c1ccc(C(C)(C)C2CCC(C(=O)O)CC2)cc1)C1CCC(C(=O)O)CC1. The van der Waals surface area contributed by atoms with E-state index in [9.17, 15) is 19.8 Å². The molecular weight excluding hydrogens is 376 g/mol. The van der Waals surface area contributed by atoms with Crippen LogP contribution in [-0.4, -0.2) is 22.2 Å². The Kier molecular flexibility index (Phi) is 6.64. The van der Waals surface area contributed by atoms with Gasteiger partial charge in [0.15, 0.2) is 0 Å². The second-order valence-electron chi connectivity index (χ2n) is 10.8. The number of carboxylic acid groups (broad SMARTS) is 2. The van der Waals surface area contributed by atoms with Crippen LogP contribution >= 0.6 is 0 Å². The molecule has 4 nitrogen and oxygen atoms in total. The quantitative estimate of drug-likeness (QED) is 0.596. The van der Waals surface area contributed by atoms with Crippen LogP contribution in [-0.2, 0) is 20.4 Å². The molecule has 30 heavy (non-hydrogen) atoms. The van der Waals surface area contributed by atoms with Crippen molar-refractivity contribution in [2.75, 3.05) is 0 Å².